The van der Waals surface area contributed by atoms with Crippen LogP contribution in [0.1, 0.15) is 71.1 Å². The maximum absolute atomic E-state index is 11.7. The van der Waals surface area contributed by atoms with Gasteiger partial charge in [0.05, 0.1) is 0 Å². The molecule has 4 heteroatoms. The zero-order chi connectivity index (χ0) is 13.2. The quantitative estimate of drug-likeness (QED) is 0.710. The molecule has 1 N–H and O–H groups in total. The molecular weight excluding hydrogens is 228 g/mol. The van der Waals surface area contributed by atoms with E-state index in [0.717, 1.165) is 32.1 Å². The van der Waals surface area contributed by atoms with Gasteiger partial charge in [-0.15, -0.1) is 0 Å². The summed E-state index contributed by atoms with van der Waals surface area (Å²) in [7, 11) is 0. The molecule has 0 aromatic heterocycles. The fourth-order valence-corrected chi connectivity index (χ4v) is 2.20. The number of hydrogen-bond donors (Lipinski definition) is 1. The van der Waals surface area contributed by atoms with Crippen molar-refractivity contribution >= 4 is 11.8 Å². The molecule has 4 nitrogen and oxygen atoms in total. The molecule has 0 aromatic rings. The smallest absolute Gasteiger partial charge is 0.240 e. The standard InChI is InChI=1S/C14H26N2O2/c1-2-3-4-5-7-10-13(17)15-16-12-9-6-8-11-14(16)18/h2-12H2,1H3,(H,15,17). The minimum atomic E-state index is -0.0123. The van der Waals surface area contributed by atoms with E-state index >= 15 is 0 Å². The molecule has 0 spiro atoms. The Hall–Kier alpha value is -1.06. The van der Waals surface area contributed by atoms with Crippen LogP contribution in [0.5, 0.6) is 0 Å². The first-order valence-corrected chi connectivity index (χ1v) is 7.34. The minimum Gasteiger partial charge on any atom is -0.273 e. The molecule has 1 aliphatic rings. The molecule has 0 aliphatic carbocycles. The highest BCUT2D eigenvalue weighted by atomic mass is 16.2. The number of rotatable bonds is 7. The number of nitrogens with zero attached hydrogens (tertiary/aromatic N) is 1. The van der Waals surface area contributed by atoms with Crippen molar-refractivity contribution in [1.29, 1.82) is 0 Å². The predicted octanol–water partition coefficient (Wildman–Crippen LogP) is 2.78. The van der Waals surface area contributed by atoms with Gasteiger partial charge in [0, 0.05) is 19.4 Å². The number of hydrazine groups is 1. The molecule has 0 aromatic carbocycles. The van der Waals surface area contributed by atoms with Crippen LogP contribution in [0, 0.1) is 0 Å². The van der Waals surface area contributed by atoms with Gasteiger partial charge >= 0.3 is 0 Å². The van der Waals surface area contributed by atoms with Crippen molar-refractivity contribution in [2.24, 2.45) is 0 Å². The van der Waals surface area contributed by atoms with Crippen LogP contribution in [0.4, 0.5) is 0 Å². The van der Waals surface area contributed by atoms with Crippen molar-refractivity contribution in [1.82, 2.24) is 10.4 Å². The van der Waals surface area contributed by atoms with Gasteiger partial charge in [-0.3, -0.25) is 20.0 Å². The number of amides is 2. The van der Waals surface area contributed by atoms with Gasteiger partial charge in [0.25, 0.3) is 0 Å². The number of unbranched alkanes of at least 4 members (excludes halogenated alkanes) is 4. The van der Waals surface area contributed by atoms with Crippen molar-refractivity contribution in [3.63, 3.8) is 0 Å². The summed E-state index contributed by atoms with van der Waals surface area (Å²) < 4.78 is 0. The van der Waals surface area contributed by atoms with Gasteiger partial charge in [0.2, 0.25) is 11.8 Å². The molecule has 0 atom stereocenters. The van der Waals surface area contributed by atoms with E-state index in [1.165, 1.54) is 24.3 Å². The first-order valence-electron chi connectivity index (χ1n) is 7.34. The van der Waals surface area contributed by atoms with Gasteiger partial charge in [0.15, 0.2) is 0 Å². The third-order valence-electron chi connectivity index (χ3n) is 3.34. The lowest BCUT2D eigenvalue weighted by Crippen LogP contribution is -2.45. The van der Waals surface area contributed by atoms with E-state index in [1.807, 2.05) is 0 Å². The highest BCUT2D eigenvalue weighted by molar-refractivity contribution is 5.82. The summed E-state index contributed by atoms with van der Waals surface area (Å²) in [5.41, 5.74) is 2.74. The van der Waals surface area contributed by atoms with Crippen LogP contribution in [-0.2, 0) is 9.59 Å². The molecular formula is C14H26N2O2. The second kappa shape index (κ2) is 8.95. The predicted molar refractivity (Wildman–Crippen MR) is 71.7 cm³/mol. The Labute approximate surface area is 110 Å². The third-order valence-corrected chi connectivity index (χ3v) is 3.34. The van der Waals surface area contributed by atoms with Crippen molar-refractivity contribution in [3.05, 3.63) is 0 Å². The molecule has 1 fully saturated rings. The van der Waals surface area contributed by atoms with E-state index in [4.69, 9.17) is 0 Å². The van der Waals surface area contributed by atoms with E-state index < -0.39 is 0 Å². The fourth-order valence-electron chi connectivity index (χ4n) is 2.20. The third kappa shape index (κ3) is 6.03. The normalized spacial score (nSPS) is 16.5. The van der Waals surface area contributed by atoms with E-state index in [0.29, 0.717) is 19.4 Å². The van der Waals surface area contributed by atoms with Crippen molar-refractivity contribution in [2.75, 3.05) is 6.54 Å². The zero-order valence-electron chi connectivity index (χ0n) is 11.5. The van der Waals surface area contributed by atoms with Crippen LogP contribution < -0.4 is 5.43 Å². The molecule has 1 heterocycles. The Morgan fingerprint density at radius 1 is 1.17 bits per heavy atom. The highest BCUT2D eigenvalue weighted by Crippen LogP contribution is 2.10. The average Bonchev–Trinajstić information content (AvgIpc) is 2.55. The van der Waals surface area contributed by atoms with Gasteiger partial charge in [0.1, 0.15) is 0 Å². The Morgan fingerprint density at radius 3 is 2.72 bits per heavy atom. The second-order valence-corrected chi connectivity index (χ2v) is 5.06. The van der Waals surface area contributed by atoms with Crippen LogP contribution in [0.3, 0.4) is 0 Å². The van der Waals surface area contributed by atoms with Gasteiger partial charge < -0.3 is 0 Å². The summed E-state index contributed by atoms with van der Waals surface area (Å²) >= 11 is 0. The van der Waals surface area contributed by atoms with Crippen LogP contribution in [0.2, 0.25) is 0 Å². The maximum atomic E-state index is 11.7. The van der Waals surface area contributed by atoms with Crippen LogP contribution in [0.15, 0.2) is 0 Å². The van der Waals surface area contributed by atoms with E-state index in [2.05, 4.69) is 12.3 Å². The van der Waals surface area contributed by atoms with Crippen LogP contribution in [-0.4, -0.2) is 23.4 Å². The molecule has 0 radical (unpaired) electrons. The maximum Gasteiger partial charge on any atom is 0.240 e. The summed E-state index contributed by atoms with van der Waals surface area (Å²) in [4.78, 5) is 23.4. The first kappa shape index (κ1) is 15.0. The molecule has 2 amide bonds. The monoisotopic (exact) mass is 254 g/mol. The van der Waals surface area contributed by atoms with Crippen LogP contribution >= 0.6 is 0 Å². The summed E-state index contributed by atoms with van der Waals surface area (Å²) in [6, 6.07) is 0. The molecule has 1 aliphatic heterocycles. The Morgan fingerprint density at radius 2 is 1.94 bits per heavy atom. The number of nitrogens with one attached hydrogen (secondary N) is 1. The van der Waals surface area contributed by atoms with Crippen molar-refractivity contribution in [2.45, 2.75) is 71.1 Å². The Balaban J connectivity index is 2.16. The Kier molecular flexibility index (Phi) is 7.46. The molecule has 0 saturated carbocycles. The average molecular weight is 254 g/mol. The summed E-state index contributed by atoms with van der Waals surface area (Å²) in [5, 5.41) is 1.52. The van der Waals surface area contributed by atoms with E-state index in [-0.39, 0.29) is 11.8 Å². The van der Waals surface area contributed by atoms with Gasteiger partial charge in [-0.2, -0.15) is 0 Å². The highest BCUT2D eigenvalue weighted by Gasteiger charge is 2.17. The summed E-state index contributed by atoms with van der Waals surface area (Å²) in [5.74, 6) is 0.0496. The number of hydrogen-bond acceptors (Lipinski definition) is 2. The molecule has 1 rings (SSSR count). The topological polar surface area (TPSA) is 49.4 Å². The fraction of sp³-hybridized carbons (Fsp3) is 0.857. The van der Waals surface area contributed by atoms with Gasteiger partial charge in [-0.05, 0) is 19.3 Å². The second-order valence-electron chi connectivity index (χ2n) is 5.06. The van der Waals surface area contributed by atoms with Crippen LogP contribution in [0.25, 0.3) is 0 Å². The lowest BCUT2D eigenvalue weighted by atomic mass is 10.1. The Bertz CT molecular complexity index is 267. The zero-order valence-corrected chi connectivity index (χ0v) is 11.5. The molecule has 18 heavy (non-hydrogen) atoms. The lowest BCUT2D eigenvalue weighted by molar-refractivity contribution is -0.141. The SMILES string of the molecule is CCCCCCCC(=O)NN1CCCCCC1=O. The molecule has 0 bridgehead atoms. The summed E-state index contributed by atoms with van der Waals surface area (Å²) in [6.45, 7) is 2.85. The van der Waals surface area contributed by atoms with Crippen molar-refractivity contribution in [3.8, 4) is 0 Å². The number of carbonyl (C=O) groups excluding carboxylic acids is 2. The number of carbonyl (C=O) groups is 2. The van der Waals surface area contributed by atoms with Gasteiger partial charge in [-0.1, -0.05) is 39.0 Å². The van der Waals surface area contributed by atoms with E-state index in [1.54, 1.807) is 0 Å². The largest absolute Gasteiger partial charge is 0.273 e. The van der Waals surface area contributed by atoms with Gasteiger partial charge in [-0.25, -0.2) is 0 Å². The molecule has 1 saturated heterocycles. The minimum absolute atomic E-state index is 0.0123. The molecule has 0 unspecified atom stereocenters. The van der Waals surface area contributed by atoms with E-state index in [9.17, 15) is 9.59 Å². The lowest BCUT2D eigenvalue weighted by Gasteiger charge is -2.21. The first-order chi connectivity index (χ1) is 8.74. The summed E-state index contributed by atoms with van der Waals surface area (Å²) in [6.07, 6.45) is 9.81. The molecule has 104 valence electrons. The van der Waals surface area contributed by atoms with Crippen molar-refractivity contribution < 1.29 is 9.59 Å².